The average molecular weight is 449 g/mol. The van der Waals surface area contributed by atoms with Crippen LogP contribution < -0.4 is 0 Å². The number of hydrogen-bond acceptors (Lipinski definition) is 2. The maximum absolute atomic E-state index is 4.68. The maximum Gasteiger partial charge on any atom is 0.0708 e. The Morgan fingerprint density at radius 1 is 0.486 bits per heavy atom. The lowest BCUT2D eigenvalue weighted by atomic mass is 9.86. The molecule has 0 atom stereocenters. The van der Waals surface area contributed by atoms with E-state index in [0.29, 0.717) is 0 Å². The van der Waals surface area contributed by atoms with Crippen LogP contribution in [0.4, 0.5) is 0 Å². The molecule has 35 heavy (non-hydrogen) atoms. The summed E-state index contributed by atoms with van der Waals surface area (Å²) in [6, 6.07) is 38.5. The van der Waals surface area contributed by atoms with Crippen molar-refractivity contribution < 1.29 is 0 Å². The Balaban J connectivity index is 1.64. The SMILES string of the molecule is Cc1ccc(-c2ccc(-c3cccc(-c4ccccn4)c3-c3ccccc3)c3ccncc23)cc1. The van der Waals surface area contributed by atoms with Gasteiger partial charge in [0.15, 0.2) is 0 Å². The van der Waals surface area contributed by atoms with Gasteiger partial charge in [-0.2, -0.15) is 0 Å². The molecule has 6 rings (SSSR count). The van der Waals surface area contributed by atoms with Crippen LogP contribution in [0, 0.1) is 6.92 Å². The minimum atomic E-state index is 0.968. The van der Waals surface area contributed by atoms with E-state index in [9.17, 15) is 0 Å². The highest BCUT2D eigenvalue weighted by atomic mass is 14.7. The van der Waals surface area contributed by atoms with Gasteiger partial charge in [-0.3, -0.25) is 9.97 Å². The molecule has 166 valence electrons. The van der Waals surface area contributed by atoms with Crippen LogP contribution in [-0.4, -0.2) is 9.97 Å². The van der Waals surface area contributed by atoms with Gasteiger partial charge in [0, 0.05) is 29.5 Å². The van der Waals surface area contributed by atoms with Gasteiger partial charge in [0.1, 0.15) is 0 Å². The molecule has 0 aliphatic rings. The van der Waals surface area contributed by atoms with E-state index in [0.717, 1.165) is 16.6 Å². The van der Waals surface area contributed by atoms with E-state index in [1.54, 1.807) is 0 Å². The Kier molecular flexibility index (Phi) is 5.40. The Labute approximate surface area is 205 Å². The zero-order chi connectivity index (χ0) is 23.6. The van der Waals surface area contributed by atoms with E-state index in [1.807, 2.05) is 30.7 Å². The van der Waals surface area contributed by atoms with Crippen molar-refractivity contribution in [2.75, 3.05) is 0 Å². The fourth-order valence-corrected chi connectivity index (χ4v) is 4.84. The quantitative estimate of drug-likeness (QED) is 0.270. The number of fused-ring (bicyclic) bond motifs is 1. The van der Waals surface area contributed by atoms with Crippen molar-refractivity contribution in [1.82, 2.24) is 9.97 Å². The zero-order valence-electron chi connectivity index (χ0n) is 19.5. The van der Waals surface area contributed by atoms with Crippen molar-refractivity contribution in [3.63, 3.8) is 0 Å². The van der Waals surface area contributed by atoms with Gasteiger partial charge in [-0.25, -0.2) is 0 Å². The number of hydrogen-bond donors (Lipinski definition) is 0. The van der Waals surface area contributed by atoms with Gasteiger partial charge < -0.3 is 0 Å². The first-order valence-corrected chi connectivity index (χ1v) is 11.8. The molecule has 0 N–H and O–H groups in total. The number of pyridine rings is 2. The standard InChI is InChI=1S/C33H24N2/c1-23-13-15-24(16-14-23)26-17-18-27(28-19-21-34-22-31(26)28)29-10-7-11-30(32-12-5-6-20-35-32)33(29)25-8-3-2-4-9-25/h2-22H,1H3. The van der Waals surface area contributed by atoms with Crippen molar-refractivity contribution in [1.29, 1.82) is 0 Å². The van der Waals surface area contributed by atoms with Crippen molar-refractivity contribution in [3.05, 3.63) is 133 Å². The van der Waals surface area contributed by atoms with E-state index < -0.39 is 0 Å². The van der Waals surface area contributed by atoms with E-state index in [1.165, 1.54) is 44.3 Å². The predicted octanol–water partition coefficient (Wildman–Crippen LogP) is 8.61. The minimum Gasteiger partial charge on any atom is -0.264 e. The smallest absolute Gasteiger partial charge is 0.0708 e. The minimum absolute atomic E-state index is 0.968. The van der Waals surface area contributed by atoms with Crippen LogP contribution in [0.1, 0.15) is 5.56 Å². The molecule has 0 aliphatic heterocycles. The molecule has 0 aliphatic carbocycles. The maximum atomic E-state index is 4.68. The third-order valence-electron chi connectivity index (χ3n) is 6.54. The molecule has 2 nitrogen and oxygen atoms in total. The molecule has 4 aromatic carbocycles. The highest BCUT2D eigenvalue weighted by Gasteiger charge is 2.17. The lowest BCUT2D eigenvalue weighted by molar-refractivity contribution is 1.33. The molecule has 2 heteroatoms. The molecule has 0 saturated heterocycles. The second-order valence-electron chi connectivity index (χ2n) is 8.76. The van der Waals surface area contributed by atoms with Crippen LogP contribution in [0.2, 0.25) is 0 Å². The Morgan fingerprint density at radius 2 is 1.26 bits per heavy atom. The van der Waals surface area contributed by atoms with E-state index in [2.05, 4.69) is 114 Å². The second kappa shape index (κ2) is 9.00. The van der Waals surface area contributed by atoms with E-state index in [-0.39, 0.29) is 0 Å². The Morgan fingerprint density at radius 3 is 2.06 bits per heavy atom. The fraction of sp³-hybridized carbons (Fsp3) is 0.0303. The average Bonchev–Trinajstić information content (AvgIpc) is 2.93. The molecule has 6 aromatic rings. The lowest BCUT2D eigenvalue weighted by Gasteiger charge is -2.18. The molecule has 0 bridgehead atoms. The van der Waals surface area contributed by atoms with Crippen LogP contribution in [-0.2, 0) is 0 Å². The Hall–Kier alpha value is -4.56. The first-order chi connectivity index (χ1) is 17.3. The molecular formula is C33H24N2. The van der Waals surface area contributed by atoms with Crippen molar-refractivity contribution >= 4 is 10.8 Å². The lowest BCUT2D eigenvalue weighted by Crippen LogP contribution is -1.93. The summed E-state index contributed by atoms with van der Waals surface area (Å²) < 4.78 is 0. The van der Waals surface area contributed by atoms with E-state index in [4.69, 9.17) is 0 Å². The van der Waals surface area contributed by atoms with Crippen LogP contribution in [0.5, 0.6) is 0 Å². The highest BCUT2D eigenvalue weighted by Crippen LogP contribution is 2.43. The van der Waals surface area contributed by atoms with Crippen LogP contribution >= 0.6 is 0 Å². The summed E-state index contributed by atoms with van der Waals surface area (Å²) in [7, 11) is 0. The summed E-state index contributed by atoms with van der Waals surface area (Å²) in [5.74, 6) is 0. The summed E-state index contributed by atoms with van der Waals surface area (Å²) in [5, 5.41) is 2.34. The topological polar surface area (TPSA) is 25.8 Å². The summed E-state index contributed by atoms with van der Waals surface area (Å²) in [6.07, 6.45) is 5.72. The number of nitrogens with zero attached hydrogens (tertiary/aromatic N) is 2. The molecule has 0 fully saturated rings. The normalized spacial score (nSPS) is 11.0. The molecule has 2 heterocycles. The summed E-state index contributed by atoms with van der Waals surface area (Å²) in [4.78, 5) is 9.17. The van der Waals surface area contributed by atoms with Gasteiger partial charge >= 0.3 is 0 Å². The monoisotopic (exact) mass is 448 g/mol. The van der Waals surface area contributed by atoms with Gasteiger partial charge in [0.2, 0.25) is 0 Å². The molecule has 2 aromatic heterocycles. The van der Waals surface area contributed by atoms with Crippen molar-refractivity contribution in [2.45, 2.75) is 6.92 Å². The summed E-state index contributed by atoms with van der Waals surface area (Å²) in [5.41, 5.74) is 10.5. The van der Waals surface area contributed by atoms with Gasteiger partial charge in [0.25, 0.3) is 0 Å². The molecule has 0 amide bonds. The van der Waals surface area contributed by atoms with Gasteiger partial charge in [0.05, 0.1) is 5.69 Å². The third-order valence-corrected chi connectivity index (χ3v) is 6.54. The first kappa shape index (κ1) is 21.0. The highest BCUT2D eigenvalue weighted by molar-refractivity contribution is 6.08. The zero-order valence-corrected chi connectivity index (χ0v) is 19.5. The van der Waals surface area contributed by atoms with Gasteiger partial charge in [-0.15, -0.1) is 0 Å². The van der Waals surface area contributed by atoms with Crippen LogP contribution in [0.15, 0.2) is 128 Å². The summed E-state index contributed by atoms with van der Waals surface area (Å²) in [6.45, 7) is 2.12. The van der Waals surface area contributed by atoms with Crippen molar-refractivity contribution in [3.8, 4) is 44.6 Å². The van der Waals surface area contributed by atoms with Crippen molar-refractivity contribution in [2.24, 2.45) is 0 Å². The molecule has 0 spiro atoms. The van der Waals surface area contributed by atoms with Crippen LogP contribution in [0.3, 0.4) is 0 Å². The molecule has 0 saturated carbocycles. The number of aromatic nitrogens is 2. The second-order valence-corrected chi connectivity index (χ2v) is 8.76. The van der Waals surface area contributed by atoms with E-state index >= 15 is 0 Å². The molecular weight excluding hydrogens is 424 g/mol. The molecule has 0 unspecified atom stereocenters. The number of rotatable bonds is 4. The molecule has 0 radical (unpaired) electrons. The van der Waals surface area contributed by atoms with Gasteiger partial charge in [-0.05, 0) is 63.9 Å². The predicted molar refractivity (Wildman–Crippen MR) is 146 cm³/mol. The summed E-state index contributed by atoms with van der Waals surface area (Å²) >= 11 is 0. The van der Waals surface area contributed by atoms with Gasteiger partial charge in [-0.1, -0.05) is 96.6 Å². The Bertz CT molecular complexity index is 1620. The largest absolute Gasteiger partial charge is 0.264 e. The van der Waals surface area contributed by atoms with Crippen LogP contribution in [0.25, 0.3) is 55.4 Å². The number of benzene rings is 4. The fourth-order valence-electron chi connectivity index (χ4n) is 4.84. The third kappa shape index (κ3) is 3.89. The number of aryl methyl sites for hydroxylation is 1. The first-order valence-electron chi connectivity index (χ1n) is 11.8.